The zero-order valence-electron chi connectivity index (χ0n) is 19.5. The summed E-state index contributed by atoms with van der Waals surface area (Å²) < 4.78 is 21.0. The van der Waals surface area contributed by atoms with Gasteiger partial charge in [0.1, 0.15) is 17.2 Å². The van der Waals surface area contributed by atoms with Gasteiger partial charge in [0.05, 0.1) is 5.56 Å². The van der Waals surface area contributed by atoms with Crippen molar-refractivity contribution in [1.29, 1.82) is 0 Å². The van der Waals surface area contributed by atoms with Gasteiger partial charge < -0.3 is 10.5 Å². The summed E-state index contributed by atoms with van der Waals surface area (Å²) in [5.74, 6) is 0.826. The number of nitrogens with two attached hydrogens (primary N) is 1. The van der Waals surface area contributed by atoms with Crippen molar-refractivity contribution in [3.63, 3.8) is 0 Å². The lowest BCUT2D eigenvalue weighted by Crippen LogP contribution is -2.49. The molecule has 2 atom stereocenters. The van der Waals surface area contributed by atoms with Crippen molar-refractivity contribution >= 4 is 5.96 Å². The summed E-state index contributed by atoms with van der Waals surface area (Å²) in [6, 6.07) is 19.6. The summed E-state index contributed by atoms with van der Waals surface area (Å²) in [7, 11) is 1.78. The van der Waals surface area contributed by atoms with Crippen molar-refractivity contribution in [1.82, 2.24) is 5.06 Å². The fraction of sp³-hybridized carbons (Fsp3) is 0.321. The number of ether oxygens (including phenoxy) is 1. The summed E-state index contributed by atoms with van der Waals surface area (Å²) in [5, 5.41) is 1.53. The highest BCUT2D eigenvalue weighted by molar-refractivity contribution is 5.79. The molecule has 2 unspecified atom stereocenters. The Morgan fingerprint density at radius 1 is 1.03 bits per heavy atom. The van der Waals surface area contributed by atoms with Gasteiger partial charge in [-0.3, -0.25) is 0 Å². The molecule has 2 spiro atoms. The number of hydroxylamine groups is 2. The molecule has 174 valence electrons. The highest BCUT2D eigenvalue weighted by atomic mass is 19.1. The number of aryl methyl sites for hydroxylation is 2. The second-order valence-corrected chi connectivity index (χ2v) is 9.83. The first-order chi connectivity index (χ1) is 16.3. The van der Waals surface area contributed by atoms with Crippen molar-refractivity contribution < 1.29 is 14.0 Å². The third-order valence-corrected chi connectivity index (χ3v) is 7.28. The van der Waals surface area contributed by atoms with Crippen molar-refractivity contribution in [2.45, 2.75) is 50.4 Å². The van der Waals surface area contributed by atoms with E-state index >= 15 is 0 Å². The van der Waals surface area contributed by atoms with Gasteiger partial charge in [0.2, 0.25) is 11.7 Å². The molecule has 0 saturated heterocycles. The Balaban J connectivity index is 1.48. The molecular formula is C28H28FN3O2. The van der Waals surface area contributed by atoms with Crippen LogP contribution in [0.15, 0.2) is 65.7 Å². The zero-order chi connectivity index (χ0) is 23.5. The minimum absolute atomic E-state index is 0.256. The van der Waals surface area contributed by atoms with E-state index in [1.807, 2.05) is 31.2 Å². The van der Waals surface area contributed by atoms with Gasteiger partial charge in [-0.15, -0.1) is 0 Å². The van der Waals surface area contributed by atoms with Crippen molar-refractivity contribution in [3.8, 4) is 16.9 Å². The zero-order valence-corrected chi connectivity index (χ0v) is 19.5. The van der Waals surface area contributed by atoms with Gasteiger partial charge in [-0.2, -0.15) is 0 Å². The van der Waals surface area contributed by atoms with Gasteiger partial charge in [0.25, 0.3) is 0 Å². The molecule has 2 heterocycles. The summed E-state index contributed by atoms with van der Waals surface area (Å²) in [4.78, 5) is 11.2. The van der Waals surface area contributed by atoms with Crippen LogP contribution in [0.1, 0.15) is 41.5 Å². The standard InChI is InChI=1S/C28H28FN3O2/c1-18-12-22(14-23(29)13-18)20-9-10-25-24(15-20)28(31-26(30)32(2)34-28)17-27(33-25)11-5-8-19-6-3-4-7-21(19)16-27/h3-4,6-7,9-10,12-15H,5,8,11,16-17H2,1-2H3,(H2,30,31). The smallest absolute Gasteiger partial charge is 0.222 e. The van der Waals surface area contributed by atoms with E-state index in [4.69, 9.17) is 20.3 Å². The van der Waals surface area contributed by atoms with Crippen molar-refractivity contribution in [2.75, 3.05) is 7.05 Å². The molecule has 6 heteroatoms. The number of rotatable bonds is 1. The predicted octanol–water partition coefficient (Wildman–Crippen LogP) is 5.25. The van der Waals surface area contributed by atoms with Crippen LogP contribution < -0.4 is 10.5 Å². The minimum atomic E-state index is -0.982. The molecule has 0 fully saturated rings. The third-order valence-electron chi connectivity index (χ3n) is 7.28. The molecule has 0 amide bonds. The maximum Gasteiger partial charge on any atom is 0.222 e. The molecule has 6 rings (SSSR count). The summed E-state index contributed by atoms with van der Waals surface area (Å²) in [6.45, 7) is 1.89. The average Bonchev–Trinajstić information content (AvgIpc) is 2.96. The Morgan fingerprint density at radius 3 is 2.62 bits per heavy atom. The van der Waals surface area contributed by atoms with E-state index in [2.05, 4.69) is 24.3 Å². The molecule has 3 aromatic carbocycles. The summed E-state index contributed by atoms with van der Waals surface area (Å²) >= 11 is 0. The lowest BCUT2D eigenvalue weighted by molar-refractivity contribution is -0.204. The number of nitrogens with zero attached hydrogens (tertiary/aromatic N) is 2. The van der Waals surface area contributed by atoms with Gasteiger partial charge >= 0.3 is 0 Å². The molecule has 5 nitrogen and oxygen atoms in total. The molecule has 3 aliphatic rings. The van der Waals surface area contributed by atoms with E-state index < -0.39 is 11.3 Å². The molecule has 2 aliphatic heterocycles. The van der Waals surface area contributed by atoms with Gasteiger partial charge in [0.15, 0.2) is 0 Å². The van der Waals surface area contributed by atoms with Crippen LogP contribution in [-0.2, 0) is 23.4 Å². The second kappa shape index (κ2) is 7.57. The van der Waals surface area contributed by atoms with E-state index in [0.717, 1.165) is 53.7 Å². The predicted molar refractivity (Wildman–Crippen MR) is 130 cm³/mol. The van der Waals surface area contributed by atoms with Crippen LogP contribution in [0.25, 0.3) is 11.1 Å². The van der Waals surface area contributed by atoms with Gasteiger partial charge in [0, 0.05) is 19.9 Å². The largest absolute Gasteiger partial charge is 0.486 e. The molecule has 3 aromatic rings. The number of benzene rings is 3. The van der Waals surface area contributed by atoms with E-state index in [1.165, 1.54) is 22.3 Å². The highest BCUT2D eigenvalue weighted by Gasteiger charge is 2.54. The lowest BCUT2D eigenvalue weighted by atomic mass is 9.78. The van der Waals surface area contributed by atoms with E-state index in [1.54, 1.807) is 13.1 Å². The number of aliphatic imine (C=N–C) groups is 1. The van der Waals surface area contributed by atoms with Crippen LogP contribution in [-0.4, -0.2) is 23.7 Å². The van der Waals surface area contributed by atoms with Gasteiger partial charge in [-0.25, -0.2) is 19.3 Å². The molecule has 0 bridgehead atoms. The maximum absolute atomic E-state index is 14.2. The Kier molecular flexibility index (Phi) is 4.71. The van der Waals surface area contributed by atoms with Gasteiger partial charge in [-0.1, -0.05) is 36.4 Å². The molecular weight excluding hydrogens is 429 g/mol. The number of halogens is 1. The summed E-state index contributed by atoms with van der Waals surface area (Å²) in [6.07, 6.45) is 4.30. The van der Waals surface area contributed by atoms with Crippen LogP contribution in [0.2, 0.25) is 0 Å². The topological polar surface area (TPSA) is 60.1 Å². The lowest BCUT2D eigenvalue weighted by Gasteiger charge is -2.45. The molecule has 2 N–H and O–H groups in total. The fourth-order valence-electron chi connectivity index (χ4n) is 5.79. The Labute approximate surface area is 199 Å². The first-order valence-corrected chi connectivity index (χ1v) is 11.8. The second-order valence-electron chi connectivity index (χ2n) is 9.83. The third kappa shape index (κ3) is 3.44. The fourth-order valence-corrected chi connectivity index (χ4v) is 5.79. The molecule has 34 heavy (non-hydrogen) atoms. The van der Waals surface area contributed by atoms with Gasteiger partial charge in [-0.05, 0) is 78.3 Å². The first-order valence-electron chi connectivity index (χ1n) is 11.8. The van der Waals surface area contributed by atoms with Crippen LogP contribution >= 0.6 is 0 Å². The van der Waals surface area contributed by atoms with E-state index in [9.17, 15) is 4.39 Å². The SMILES string of the molecule is Cc1cc(F)cc(-c2ccc3c(c2)C2(CC4(CCCc5ccccc5C4)O3)N=C(N)N(C)O2)c1. The number of hydrogen-bond donors (Lipinski definition) is 1. The Morgan fingerprint density at radius 2 is 1.85 bits per heavy atom. The van der Waals surface area contributed by atoms with E-state index in [-0.39, 0.29) is 5.82 Å². The van der Waals surface area contributed by atoms with Crippen LogP contribution in [0, 0.1) is 12.7 Å². The quantitative estimate of drug-likeness (QED) is 0.543. The minimum Gasteiger partial charge on any atom is -0.486 e. The van der Waals surface area contributed by atoms with Crippen molar-refractivity contribution in [2.24, 2.45) is 10.7 Å². The van der Waals surface area contributed by atoms with Crippen molar-refractivity contribution in [3.05, 3.63) is 88.7 Å². The van der Waals surface area contributed by atoms with E-state index in [0.29, 0.717) is 12.4 Å². The Bertz CT molecular complexity index is 1300. The Hall–Kier alpha value is -3.38. The van der Waals surface area contributed by atoms with Crippen LogP contribution in [0.4, 0.5) is 4.39 Å². The first kappa shape index (κ1) is 21.2. The normalized spacial score (nSPS) is 25.5. The molecule has 0 radical (unpaired) electrons. The number of hydrogen-bond acceptors (Lipinski definition) is 5. The van der Waals surface area contributed by atoms with Crippen LogP contribution in [0.5, 0.6) is 5.75 Å². The molecule has 0 saturated carbocycles. The number of fused-ring (bicyclic) bond motifs is 3. The number of guanidine groups is 1. The van der Waals surface area contributed by atoms with Crippen LogP contribution in [0.3, 0.4) is 0 Å². The monoisotopic (exact) mass is 457 g/mol. The average molecular weight is 458 g/mol. The molecule has 0 aromatic heterocycles. The highest BCUT2D eigenvalue weighted by Crippen LogP contribution is 2.52. The maximum atomic E-state index is 14.2. The summed E-state index contributed by atoms with van der Waals surface area (Å²) in [5.41, 5.74) is 10.9. The molecule has 1 aliphatic carbocycles.